The van der Waals surface area contributed by atoms with E-state index in [1.807, 2.05) is 0 Å². The quantitative estimate of drug-likeness (QED) is 0.280. The highest BCUT2D eigenvalue weighted by molar-refractivity contribution is 8.01. The molecular formula is C22H18FN5O4S2. The van der Waals surface area contributed by atoms with Crippen molar-refractivity contribution in [1.82, 2.24) is 15.0 Å². The molecule has 0 unspecified atom stereocenters. The molecule has 34 heavy (non-hydrogen) atoms. The van der Waals surface area contributed by atoms with Gasteiger partial charge >= 0.3 is 0 Å². The number of rotatable bonds is 9. The zero-order valence-corrected chi connectivity index (χ0v) is 19.3. The van der Waals surface area contributed by atoms with E-state index < -0.39 is 24.1 Å². The molecule has 174 valence electrons. The van der Waals surface area contributed by atoms with E-state index in [1.54, 1.807) is 42.9 Å². The van der Waals surface area contributed by atoms with Crippen molar-refractivity contribution in [3.05, 3.63) is 66.9 Å². The molecule has 0 radical (unpaired) electrons. The number of aromatic amines is 1. The van der Waals surface area contributed by atoms with E-state index in [0.717, 1.165) is 10.3 Å². The van der Waals surface area contributed by atoms with Crippen molar-refractivity contribution in [1.29, 1.82) is 0 Å². The SMILES string of the molecule is COc1ccccc1Oc1cc(F)ccc1NC(=O)CC(=O)Nc1ncc(Sc2ncc[nH]2)s1. The van der Waals surface area contributed by atoms with Crippen LogP contribution in [-0.2, 0) is 9.59 Å². The van der Waals surface area contributed by atoms with Crippen molar-refractivity contribution < 1.29 is 23.5 Å². The van der Waals surface area contributed by atoms with Crippen molar-refractivity contribution in [3.8, 4) is 17.2 Å². The fraction of sp³-hybridized carbons (Fsp3) is 0.0909. The summed E-state index contributed by atoms with van der Waals surface area (Å²) in [5, 5.41) is 6.23. The second-order valence-electron chi connectivity index (χ2n) is 6.65. The Morgan fingerprint density at radius 2 is 1.88 bits per heavy atom. The Balaban J connectivity index is 1.37. The maximum Gasteiger partial charge on any atom is 0.235 e. The molecule has 0 saturated carbocycles. The van der Waals surface area contributed by atoms with Crippen LogP contribution in [0, 0.1) is 5.82 Å². The van der Waals surface area contributed by atoms with Crippen LogP contribution in [0.15, 0.2) is 70.4 Å². The molecule has 4 aromatic rings. The minimum Gasteiger partial charge on any atom is -0.493 e. The average Bonchev–Trinajstić information content (AvgIpc) is 3.48. The molecule has 12 heteroatoms. The number of nitrogens with one attached hydrogen (secondary N) is 3. The molecule has 0 saturated heterocycles. The van der Waals surface area contributed by atoms with Crippen LogP contribution >= 0.6 is 23.1 Å². The number of anilines is 2. The highest BCUT2D eigenvalue weighted by atomic mass is 32.2. The molecule has 0 atom stereocenters. The summed E-state index contributed by atoms with van der Waals surface area (Å²) in [6, 6.07) is 10.5. The number of halogens is 1. The normalized spacial score (nSPS) is 10.5. The van der Waals surface area contributed by atoms with Crippen LogP contribution < -0.4 is 20.1 Å². The highest BCUT2D eigenvalue weighted by Crippen LogP contribution is 2.35. The first kappa shape index (κ1) is 23.3. The van der Waals surface area contributed by atoms with Crippen LogP contribution in [0.3, 0.4) is 0 Å². The van der Waals surface area contributed by atoms with Crippen LogP contribution in [0.4, 0.5) is 15.2 Å². The van der Waals surface area contributed by atoms with Gasteiger partial charge in [-0.25, -0.2) is 14.4 Å². The summed E-state index contributed by atoms with van der Waals surface area (Å²) >= 11 is 2.62. The summed E-state index contributed by atoms with van der Waals surface area (Å²) in [6.07, 6.45) is 4.48. The lowest BCUT2D eigenvalue weighted by Crippen LogP contribution is -2.21. The van der Waals surface area contributed by atoms with Gasteiger partial charge in [0.2, 0.25) is 11.8 Å². The van der Waals surface area contributed by atoms with E-state index >= 15 is 0 Å². The number of aromatic nitrogens is 3. The first-order chi connectivity index (χ1) is 16.5. The Labute approximate surface area is 201 Å². The van der Waals surface area contributed by atoms with Crippen LogP contribution in [0.25, 0.3) is 0 Å². The van der Waals surface area contributed by atoms with E-state index in [9.17, 15) is 14.0 Å². The zero-order chi connectivity index (χ0) is 23.9. The predicted octanol–water partition coefficient (Wildman–Crippen LogP) is 4.92. The monoisotopic (exact) mass is 499 g/mol. The van der Waals surface area contributed by atoms with E-state index in [-0.39, 0.29) is 11.4 Å². The fourth-order valence-electron chi connectivity index (χ4n) is 2.78. The number of benzene rings is 2. The Morgan fingerprint density at radius 3 is 2.65 bits per heavy atom. The molecule has 0 spiro atoms. The predicted molar refractivity (Wildman–Crippen MR) is 126 cm³/mol. The van der Waals surface area contributed by atoms with Gasteiger partial charge in [-0.2, -0.15) is 0 Å². The summed E-state index contributed by atoms with van der Waals surface area (Å²) in [4.78, 5) is 36.0. The summed E-state index contributed by atoms with van der Waals surface area (Å²) in [6.45, 7) is 0. The van der Waals surface area contributed by atoms with E-state index in [2.05, 4.69) is 25.6 Å². The van der Waals surface area contributed by atoms with Gasteiger partial charge in [0, 0.05) is 18.5 Å². The lowest BCUT2D eigenvalue weighted by atomic mass is 10.2. The first-order valence-electron chi connectivity index (χ1n) is 9.83. The average molecular weight is 500 g/mol. The van der Waals surface area contributed by atoms with Crippen LogP contribution in [0.5, 0.6) is 17.2 Å². The fourth-order valence-corrected chi connectivity index (χ4v) is 4.52. The lowest BCUT2D eigenvalue weighted by molar-refractivity contribution is -0.123. The van der Waals surface area contributed by atoms with Gasteiger partial charge in [0.05, 0.1) is 23.2 Å². The third-order valence-corrected chi connectivity index (χ3v) is 6.16. The third kappa shape index (κ3) is 6.11. The Hall–Kier alpha value is -3.90. The van der Waals surface area contributed by atoms with Gasteiger partial charge in [0.1, 0.15) is 12.2 Å². The van der Waals surface area contributed by atoms with E-state index in [0.29, 0.717) is 21.8 Å². The van der Waals surface area contributed by atoms with Crippen molar-refractivity contribution >= 4 is 45.7 Å². The molecule has 2 aromatic heterocycles. The van der Waals surface area contributed by atoms with Crippen LogP contribution in [0.1, 0.15) is 6.42 Å². The molecule has 2 aromatic carbocycles. The first-order valence-corrected chi connectivity index (χ1v) is 11.5. The summed E-state index contributed by atoms with van der Waals surface area (Å²) in [7, 11) is 1.48. The van der Waals surface area contributed by atoms with Crippen molar-refractivity contribution in [2.45, 2.75) is 15.8 Å². The number of amides is 2. The van der Waals surface area contributed by atoms with Gasteiger partial charge in [-0.3, -0.25) is 9.59 Å². The molecular weight excluding hydrogens is 481 g/mol. The number of para-hydroxylation sites is 2. The molecule has 0 aliphatic rings. The largest absolute Gasteiger partial charge is 0.493 e. The minimum atomic E-state index is -0.601. The molecule has 2 heterocycles. The number of methoxy groups -OCH3 is 1. The van der Waals surface area contributed by atoms with E-state index in [4.69, 9.17) is 9.47 Å². The lowest BCUT2D eigenvalue weighted by Gasteiger charge is -2.14. The van der Waals surface area contributed by atoms with Gasteiger partial charge in [-0.15, -0.1) is 0 Å². The number of carbonyl (C=O) groups excluding carboxylic acids is 2. The highest BCUT2D eigenvalue weighted by Gasteiger charge is 2.16. The topological polar surface area (TPSA) is 118 Å². The van der Waals surface area contributed by atoms with Gasteiger partial charge < -0.3 is 25.1 Å². The summed E-state index contributed by atoms with van der Waals surface area (Å²) in [5.74, 6) is -0.843. The summed E-state index contributed by atoms with van der Waals surface area (Å²) in [5.41, 5.74) is 0.205. The van der Waals surface area contributed by atoms with Crippen molar-refractivity contribution in [2.75, 3.05) is 17.7 Å². The van der Waals surface area contributed by atoms with Gasteiger partial charge in [0.25, 0.3) is 0 Å². The van der Waals surface area contributed by atoms with Crippen LogP contribution in [0.2, 0.25) is 0 Å². The molecule has 0 aliphatic carbocycles. The third-order valence-electron chi connectivity index (χ3n) is 4.23. The maximum absolute atomic E-state index is 13.8. The smallest absolute Gasteiger partial charge is 0.235 e. The van der Waals surface area contributed by atoms with Gasteiger partial charge in [-0.05, 0) is 36.0 Å². The summed E-state index contributed by atoms with van der Waals surface area (Å²) < 4.78 is 25.7. The second kappa shape index (κ2) is 10.8. The minimum absolute atomic E-state index is 0.0674. The number of nitrogens with zero attached hydrogens (tertiary/aromatic N) is 2. The number of imidazole rings is 1. The Bertz CT molecular complexity index is 1300. The van der Waals surface area contributed by atoms with Crippen molar-refractivity contribution in [3.63, 3.8) is 0 Å². The standard InChI is InChI=1S/C22H18FN5O4S2/c1-31-15-4-2-3-5-16(15)32-17-10-13(23)6-7-14(17)27-18(29)11-19(30)28-22-26-12-20(34-22)33-21-24-8-9-25-21/h2-10,12H,11H2,1H3,(H,24,25)(H,27,29)(H,26,28,30). The number of thiazole rings is 1. The molecule has 4 rings (SSSR count). The van der Waals surface area contributed by atoms with Crippen LogP contribution in [-0.4, -0.2) is 33.9 Å². The molecule has 2 amide bonds. The maximum atomic E-state index is 13.8. The number of carbonyl (C=O) groups is 2. The Kier molecular flexibility index (Phi) is 7.40. The van der Waals surface area contributed by atoms with E-state index in [1.165, 1.54) is 42.3 Å². The van der Waals surface area contributed by atoms with Crippen molar-refractivity contribution in [2.24, 2.45) is 0 Å². The van der Waals surface area contributed by atoms with Gasteiger partial charge in [0.15, 0.2) is 27.5 Å². The molecule has 9 nitrogen and oxygen atoms in total. The number of hydrogen-bond donors (Lipinski definition) is 3. The molecule has 3 N–H and O–H groups in total. The molecule has 0 bridgehead atoms. The van der Waals surface area contributed by atoms with Gasteiger partial charge in [-0.1, -0.05) is 23.5 Å². The Morgan fingerprint density at radius 1 is 1.09 bits per heavy atom. The number of H-pyrrole nitrogens is 1. The molecule has 0 aliphatic heterocycles. The number of ether oxygens (including phenoxy) is 2. The number of hydrogen-bond acceptors (Lipinski definition) is 8. The molecule has 0 fully saturated rings. The zero-order valence-electron chi connectivity index (χ0n) is 17.7. The second-order valence-corrected chi connectivity index (χ2v) is 8.97.